The Hall–Kier alpha value is -1.69. The normalized spacial score (nSPS) is 13.2. The number of aliphatic hydroxyl groups excluding tert-OH is 1. The molecule has 0 aliphatic heterocycles. The van der Waals surface area contributed by atoms with Crippen molar-refractivity contribution in [3.8, 4) is 0 Å². The van der Waals surface area contributed by atoms with Gasteiger partial charge in [0.15, 0.2) is 0 Å². The number of aryl methyl sites for hydroxylation is 2. The van der Waals surface area contributed by atoms with Crippen molar-refractivity contribution in [1.29, 1.82) is 0 Å². The third-order valence-corrected chi connectivity index (χ3v) is 3.02. The molecule has 1 unspecified atom stereocenters. The molecule has 1 N–H and O–H groups in total. The lowest BCUT2D eigenvalue weighted by Gasteiger charge is -2.12. The molecule has 0 bridgehead atoms. The van der Waals surface area contributed by atoms with Gasteiger partial charge in [-0.3, -0.25) is 4.68 Å². The maximum atomic E-state index is 10.3. The minimum atomic E-state index is -0.594. The van der Waals surface area contributed by atoms with Crippen LogP contribution in [0.2, 0.25) is 0 Å². The van der Waals surface area contributed by atoms with E-state index in [2.05, 4.69) is 29.0 Å². The summed E-state index contributed by atoms with van der Waals surface area (Å²) < 4.78 is 3.58. The molecule has 0 saturated carbocycles. The topological polar surface area (TPSA) is 68.8 Å². The van der Waals surface area contributed by atoms with Gasteiger partial charge in [-0.05, 0) is 12.8 Å². The molecule has 2 heterocycles. The van der Waals surface area contributed by atoms with E-state index in [1.807, 2.05) is 24.9 Å². The molecule has 2 aromatic heterocycles. The molecule has 1 atom stereocenters. The maximum absolute atomic E-state index is 10.3. The molecule has 0 amide bonds. The fourth-order valence-electron chi connectivity index (χ4n) is 2.17. The van der Waals surface area contributed by atoms with Crippen molar-refractivity contribution in [2.24, 2.45) is 13.0 Å². The van der Waals surface area contributed by atoms with Gasteiger partial charge < -0.3 is 5.11 Å². The molecule has 0 aromatic carbocycles. The summed E-state index contributed by atoms with van der Waals surface area (Å²) in [5.41, 5.74) is 1.70. The molecule has 19 heavy (non-hydrogen) atoms. The SMILES string of the molecule is Cc1nn(C)cc1C(O)Cc1ncnn1CC(C)C. The van der Waals surface area contributed by atoms with Crippen molar-refractivity contribution < 1.29 is 5.11 Å². The first-order chi connectivity index (χ1) is 8.97. The van der Waals surface area contributed by atoms with Crippen molar-refractivity contribution in [3.05, 3.63) is 29.6 Å². The summed E-state index contributed by atoms with van der Waals surface area (Å²) in [6.07, 6.45) is 3.26. The molecule has 0 saturated heterocycles. The minimum absolute atomic E-state index is 0.458. The summed E-state index contributed by atoms with van der Waals surface area (Å²) in [5, 5.41) is 18.8. The van der Waals surface area contributed by atoms with Crippen LogP contribution in [0.1, 0.15) is 37.0 Å². The highest BCUT2D eigenvalue weighted by atomic mass is 16.3. The van der Waals surface area contributed by atoms with Crippen LogP contribution in [0.25, 0.3) is 0 Å². The zero-order valence-electron chi connectivity index (χ0n) is 11.9. The van der Waals surface area contributed by atoms with Gasteiger partial charge in [-0.25, -0.2) is 9.67 Å². The van der Waals surface area contributed by atoms with Crippen LogP contribution < -0.4 is 0 Å². The zero-order valence-corrected chi connectivity index (χ0v) is 11.9. The Kier molecular flexibility index (Phi) is 3.99. The summed E-state index contributed by atoms with van der Waals surface area (Å²) in [7, 11) is 1.85. The van der Waals surface area contributed by atoms with Gasteiger partial charge in [0.1, 0.15) is 12.2 Å². The molecule has 6 nitrogen and oxygen atoms in total. The number of aromatic nitrogens is 5. The summed E-state index contributed by atoms with van der Waals surface area (Å²) >= 11 is 0. The highest BCUT2D eigenvalue weighted by Gasteiger charge is 2.17. The Morgan fingerprint density at radius 1 is 1.37 bits per heavy atom. The van der Waals surface area contributed by atoms with Gasteiger partial charge in [0.05, 0.1) is 11.8 Å². The van der Waals surface area contributed by atoms with Gasteiger partial charge >= 0.3 is 0 Å². The minimum Gasteiger partial charge on any atom is -0.388 e. The molecular weight excluding hydrogens is 242 g/mol. The van der Waals surface area contributed by atoms with Crippen molar-refractivity contribution >= 4 is 0 Å². The lowest BCUT2D eigenvalue weighted by molar-refractivity contribution is 0.172. The number of rotatable bonds is 5. The van der Waals surface area contributed by atoms with Crippen molar-refractivity contribution in [1.82, 2.24) is 24.5 Å². The lowest BCUT2D eigenvalue weighted by atomic mass is 10.1. The van der Waals surface area contributed by atoms with E-state index in [9.17, 15) is 5.11 Å². The molecule has 2 aromatic rings. The standard InChI is InChI=1S/C13H21N5O/c1-9(2)6-18-13(14-8-15-18)5-12(19)11-7-17(4)16-10(11)3/h7-9,12,19H,5-6H2,1-4H3. The second-order valence-corrected chi connectivity index (χ2v) is 5.32. The first-order valence-electron chi connectivity index (χ1n) is 6.52. The molecule has 6 heteroatoms. The molecule has 104 valence electrons. The van der Waals surface area contributed by atoms with Gasteiger partial charge in [-0.15, -0.1) is 0 Å². The smallest absolute Gasteiger partial charge is 0.138 e. The van der Waals surface area contributed by atoms with Gasteiger partial charge in [0, 0.05) is 31.8 Å². The maximum Gasteiger partial charge on any atom is 0.138 e. The van der Waals surface area contributed by atoms with Crippen molar-refractivity contribution in [2.75, 3.05) is 0 Å². The Balaban J connectivity index is 2.13. The number of hydrogen-bond donors (Lipinski definition) is 1. The first kappa shape index (κ1) is 13.7. The molecule has 0 spiro atoms. The summed E-state index contributed by atoms with van der Waals surface area (Å²) in [4.78, 5) is 4.24. The summed E-state index contributed by atoms with van der Waals surface area (Å²) in [6, 6.07) is 0. The summed E-state index contributed by atoms with van der Waals surface area (Å²) in [5.74, 6) is 1.31. The largest absolute Gasteiger partial charge is 0.388 e. The third kappa shape index (κ3) is 3.20. The van der Waals surface area contributed by atoms with Crippen LogP contribution in [0.15, 0.2) is 12.5 Å². The zero-order chi connectivity index (χ0) is 14.0. The monoisotopic (exact) mass is 263 g/mol. The molecular formula is C13H21N5O. The van der Waals surface area contributed by atoms with Crippen LogP contribution in [0, 0.1) is 12.8 Å². The molecule has 0 aliphatic carbocycles. The van der Waals surface area contributed by atoms with Crippen LogP contribution >= 0.6 is 0 Å². The predicted molar refractivity (Wildman–Crippen MR) is 71.5 cm³/mol. The second-order valence-electron chi connectivity index (χ2n) is 5.32. The predicted octanol–water partition coefficient (Wildman–Crippen LogP) is 1.25. The average molecular weight is 263 g/mol. The van der Waals surface area contributed by atoms with E-state index in [4.69, 9.17) is 0 Å². The van der Waals surface area contributed by atoms with Crippen LogP contribution in [0.5, 0.6) is 0 Å². The van der Waals surface area contributed by atoms with E-state index in [-0.39, 0.29) is 0 Å². The highest BCUT2D eigenvalue weighted by molar-refractivity contribution is 5.19. The summed E-state index contributed by atoms with van der Waals surface area (Å²) in [6.45, 7) is 6.98. The molecule has 0 aliphatic rings. The third-order valence-electron chi connectivity index (χ3n) is 3.02. The number of nitrogens with zero attached hydrogens (tertiary/aromatic N) is 5. The Morgan fingerprint density at radius 2 is 2.11 bits per heavy atom. The van der Waals surface area contributed by atoms with Crippen LogP contribution in [-0.2, 0) is 20.0 Å². The second kappa shape index (κ2) is 5.52. The molecule has 2 rings (SSSR count). The molecule has 0 radical (unpaired) electrons. The van der Waals surface area contributed by atoms with E-state index in [0.717, 1.165) is 23.6 Å². The number of hydrogen-bond acceptors (Lipinski definition) is 4. The highest BCUT2D eigenvalue weighted by Crippen LogP contribution is 2.20. The Labute approximate surface area is 113 Å². The first-order valence-corrected chi connectivity index (χ1v) is 6.52. The Morgan fingerprint density at radius 3 is 2.68 bits per heavy atom. The lowest BCUT2D eigenvalue weighted by Crippen LogP contribution is -2.13. The van der Waals surface area contributed by atoms with Crippen LogP contribution in [0.4, 0.5) is 0 Å². The van der Waals surface area contributed by atoms with E-state index in [0.29, 0.717) is 12.3 Å². The van der Waals surface area contributed by atoms with E-state index in [1.54, 1.807) is 11.0 Å². The quantitative estimate of drug-likeness (QED) is 0.881. The van der Waals surface area contributed by atoms with Gasteiger partial charge in [-0.1, -0.05) is 13.8 Å². The Bertz CT molecular complexity index is 543. The van der Waals surface area contributed by atoms with E-state index >= 15 is 0 Å². The van der Waals surface area contributed by atoms with Crippen LogP contribution in [-0.4, -0.2) is 29.7 Å². The fourth-order valence-corrected chi connectivity index (χ4v) is 2.17. The van der Waals surface area contributed by atoms with Crippen LogP contribution in [0.3, 0.4) is 0 Å². The van der Waals surface area contributed by atoms with Crippen molar-refractivity contribution in [3.63, 3.8) is 0 Å². The number of aliphatic hydroxyl groups is 1. The van der Waals surface area contributed by atoms with Gasteiger partial charge in [-0.2, -0.15) is 10.2 Å². The van der Waals surface area contributed by atoms with E-state index in [1.165, 1.54) is 0 Å². The fraction of sp³-hybridized carbons (Fsp3) is 0.615. The van der Waals surface area contributed by atoms with Gasteiger partial charge in [0.2, 0.25) is 0 Å². The average Bonchev–Trinajstić information content (AvgIpc) is 2.85. The van der Waals surface area contributed by atoms with E-state index < -0.39 is 6.10 Å². The molecule has 0 fully saturated rings. The van der Waals surface area contributed by atoms with Gasteiger partial charge in [0.25, 0.3) is 0 Å². The van der Waals surface area contributed by atoms with Crippen molar-refractivity contribution in [2.45, 2.75) is 39.8 Å².